The summed E-state index contributed by atoms with van der Waals surface area (Å²) in [6, 6.07) is 40.3. The summed E-state index contributed by atoms with van der Waals surface area (Å²) in [6.07, 6.45) is 1.87. The van der Waals surface area contributed by atoms with Gasteiger partial charge in [-0.15, -0.1) is 23.8 Å². The van der Waals surface area contributed by atoms with Crippen molar-refractivity contribution < 1.29 is 26.2 Å². The fraction of sp³-hybridized carbons (Fsp3) is 0.111. The SMILES string of the molecule is CC(C)(C)N1c2ccc(-c3ccc4cccc(O)c4n3)[c-]c2N(c2cc(-c3ccccc3)ccn2)c2ccccc21.[Pt]. The molecule has 42 heavy (non-hydrogen) atoms. The molecule has 7 rings (SSSR count). The second-order valence-electron chi connectivity index (χ2n) is 11.3. The fourth-order valence-corrected chi connectivity index (χ4v) is 5.66. The van der Waals surface area contributed by atoms with Crippen LogP contribution in [0.1, 0.15) is 20.8 Å². The Morgan fingerprint density at radius 1 is 0.714 bits per heavy atom. The zero-order valence-electron chi connectivity index (χ0n) is 23.5. The zero-order chi connectivity index (χ0) is 28.1. The predicted octanol–water partition coefficient (Wildman–Crippen LogP) is 9.19. The number of para-hydroxylation sites is 3. The Balaban J connectivity index is 0.00000316. The molecule has 1 aliphatic rings. The molecule has 6 heteroatoms. The summed E-state index contributed by atoms with van der Waals surface area (Å²) < 4.78 is 0. The Morgan fingerprint density at radius 3 is 2.26 bits per heavy atom. The topological polar surface area (TPSA) is 52.5 Å². The van der Waals surface area contributed by atoms with E-state index in [4.69, 9.17) is 9.97 Å². The molecule has 2 aromatic heterocycles. The van der Waals surface area contributed by atoms with Gasteiger partial charge in [0.05, 0.1) is 11.4 Å². The van der Waals surface area contributed by atoms with Gasteiger partial charge in [0.15, 0.2) is 0 Å². The molecule has 210 valence electrons. The molecule has 3 heterocycles. The minimum atomic E-state index is -0.196. The van der Waals surface area contributed by atoms with Crippen molar-refractivity contribution in [3.8, 4) is 28.1 Å². The van der Waals surface area contributed by atoms with Crippen LogP contribution in [-0.2, 0) is 21.1 Å². The smallest absolute Gasteiger partial charge is 0.140 e. The maximum absolute atomic E-state index is 10.5. The maximum Gasteiger partial charge on any atom is 0.140 e. The Bertz CT molecular complexity index is 1920. The molecule has 0 atom stereocenters. The minimum Gasteiger partial charge on any atom is -0.506 e. The Hall–Kier alpha value is -4.47. The number of fused-ring (bicyclic) bond motifs is 3. The number of hydrogen-bond donors (Lipinski definition) is 1. The van der Waals surface area contributed by atoms with Crippen molar-refractivity contribution in [1.29, 1.82) is 0 Å². The van der Waals surface area contributed by atoms with Gasteiger partial charge in [-0.25, -0.2) is 4.98 Å². The van der Waals surface area contributed by atoms with Gasteiger partial charge in [-0.05, 0) is 79.3 Å². The van der Waals surface area contributed by atoms with Crippen molar-refractivity contribution in [3.05, 3.63) is 121 Å². The number of phenolic OH excluding ortho intramolecular Hbond substituents is 1. The molecule has 6 aromatic rings. The van der Waals surface area contributed by atoms with E-state index in [1.807, 2.05) is 42.6 Å². The quantitative estimate of drug-likeness (QED) is 0.184. The van der Waals surface area contributed by atoms with E-state index in [-0.39, 0.29) is 32.4 Å². The van der Waals surface area contributed by atoms with E-state index in [1.165, 1.54) is 0 Å². The van der Waals surface area contributed by atoms with Crippen molar-refractivity contribution >= 4 is 39.5 Å². The third-order valence-corrected chi connectivity index (χ3v) is 7.46. The van der Waals surface area contributed by atoms with Crippen LogP contribution in [0.3, 0.4) is 0 Å². The summed E-state index contributed by atoms with van der Waals surface area (Å²) >= 11 is 0. The van der Waals surface area contributed by atoms with Crippen molar-refractivity contribution in [1.82, 2.24) is 9.97 Å². The number of nitrogens with zero attached hydrogens (tertiary/aromatic N) is 4. The number of aromatic nitrogens is 2. The second kappa shape index (κ2) is 10.7. The summed E-state index contributed by atoms with van der Waals surface area (Å²) in [5, 5.41) is 11.4. The van der Waals surface area contributed by atoms with E-state index in [9.17, 15) is 5.11 Å². The van der Waals surface area contributed by atoms with E-state index < -0.39 is 0 Å². The first-order valence-corrected chi connectivity index (χ1v) is 13.7. The Labute approximate surface area is 260 Å². The van der Waals surface area contributed by atoms with E-state index in [1.54, 1.807) is 6.07 Å². The molecule has 1 N–H and O–H groups in total. The van der Waals surface area contributed by atoms with Crippen LogP contribution < -0.4 is 9.80 Å². The zero-order valence-corrected chi connectivity index (χ0v) is 25.8. The molecular weight excluding hydrogens is 700 g/mol. The van der Waals surface area contributed by atoms with Crippen molar-refractivity contribution in [2.45, 2.75) is 26.3 Å². The molecular formula is C36H29N4OPt-. The molecule has 0 unspecified atom stereocenters. The van der Waals surface area contributed by atoms with E-state index in [0.717, 1.165) is 56.3 Å². The van der Waals surface area contributed by atoms with Crippen LogP contribution in [0.15, 0.2) is 115 Å². The van der Waals surface area contributed by atoms with Crippen LogP contribution in [0.4, 0.5) is 28.6 Å². The molecule has 0 radical (unpaired) electrons. The van der Waals surface area contributed by atoms with E-state index >= 15 is 0 Å². The number of hydrogen-bond acceptors (Lipinski definition) is 5. The number of pyridine rings is 2. The van der Waals surface area contributed by atoms with Gasteiger partial charge in [0.25, 0.3) is 0 Å². The first-order chi connectivity index (χ1) is 19.9. The number of anilines is 5. The molecule has 1 aliphatic heterocycles. The van der Waals surface area contributed by atoms with Crippen LogP contribution >= 0.6 is 0 Å². The van der Waals surface area contributed by atoms with Crippen molar-refractivity contribution in [3.63, 3.8) is 0 Å². The molecule has 5 nitrogen and oxygen atoms in total. The third kappa shape index (κ3) is 4.74. The average molecular weight is 729 g/mol. The van der Waals surface area contributed by atoms with Gasteiger partial charge in [0, 0.05) is 38.2 Å². The molecule has 0 saturated heterocycles. The van der Waals surface area contributed by atoms with Crippen LogP contribution in [0.5, 0.6) is 5.75 Å². The molecule has 0 spiro atoms. The molecule has 0 aliphatic carbocycles. The first kappa shape index (κ1) is 27.7. The fourth-order valence-electron chi connectivity index (χ4n) is 5.66. The van der Waals surface area contributed by atoms with Gasteiger partial charge < -0.3 is 14.9 Å². The van der Waals surface area contributed by atoms with Gasteiger partial charge in [-0.3, -0.25) is 4.98 Å². The Kier molecular flexibility index (Phi) is 7.08. The molecule has 0 bridgehead atoms. The van der Waals surface area contributed by atoms with Crippen LogP contribution in [0.2, 0.25) is 0 Å². The van der Waals surface area contributed by atoms with Crippen LogP contribution in [-0.4, -0.2) is 20.6 Å². The predicted molar refractivity (Wildman–Crippen MR) is 167 cm³/mol. The monoisotopic (exact) mass is 728 g/mol. The van der Waals surface area contributed by atoms with Crippen molar-refractivity contribution in [2.24, 2.45) is 0 Å². The summed E-state index contributed by atoms with van der Waals surface area (Å²) in [7, 11) is 0. The normalized spacial score (nSPS) is 12.5. The second-order valence-corrected chi connectivity index (χ2v) is 11.3. The number of benzene rings is 4. The minimum absolute atomic E-state index is 0. The number of phenols is 1. The number of rotatable bonds is 3. The molecule has 0 amide bonds. The van der Waals surface area contributed by atoms with Crippen LogP contribution in [0.25, 0.3) is 33.3 Å². The molecule has 0 fully saturated rings. The van der Waals surface area contributed by atoms with Crippen LogP contribution in [0, 0.1) is 6.07 Å². The van der Waals surface area contributed by atoms with Gasteiger partial charge in [-0.1, -0.05) is 66.7 Å². The molecule has 0 saturated carbocycles. The van der Waals surface area contributed by atoms with Gasteiger partial charge in [0.1, 0.15) is 17.1 Å². The van der Waals surface area contributed by atoms with Gasteiger partial charge in [0.2, 0.25) is 0 Å². The van der Waals surface area contributed by atoms with Gasteiger partial charge in [-0.2, -0.15) is 0 Å². The third-order valence-electron chi connectivity index (χ3n) is 7.46. The van der Waals surface area contributed by atoms with Crippen molar-refractivity contribution in [2.75, 3.05) is 9.80 Å². The largest absolute Gasteiger partial charge is 0.506 e. The summed E-state index contributed by atoms with van der Waals surface area (Å²) in [6.45, 7) is 6.66. The van der Waals surface area contributed by atoms with E-state index in [2.05, 4.69) is 103 Å². The summed E-state index contributed by atoms with van der Waals surface area (Å²) in [4.78, 5) is 14.3. The molecule has 4 aromatic carbocycles. The van der Waals surface area contributed by atoms with Gasteiger partial charge >= 0.3 is 0 Å². The number of aromatic hydroxyl groups is 1. The standard InChI is InChI=1S/C36H29N4O.Pt/c1-36(2,3)40-30-14-8-7-13-29(30)39(34-23-26(20-21-37-34)24-10-5-4-6-11-24)32-22-27(17-19-31(32)40)28-18-16-25-12-9-15-33(41)35(25)38-28;/h4-21,23,41H,1-3H3;/q-1;. The van der Waals surface area contributed by atoms with E-state index in [0.29, 0.717) is 5.52 Å². The summed E-state index contributed by atoms with van der Waals surface area (Å²) in [5.74, 6) is 0.977. The average Bonchev–Trinajstić information content (AvgIpc) is 2.99. The summed E-state index contributed by atoms with van der Waals surface area (Å²) in [5.41, 5.74) is 8.26. The first-order valence-electron chi connectivity index (χ1n) is 13.7. The Morgan fingerprint density at radius 2 is 1.48 bits per heavy atom. The maximum atomic E-state index is 10.5.